The monoisotopic (exact) mass is 402 g/mol. The maximum atomic E-state index is 5.59. The van der Waals surface area contributed by atoms with Crippen molar-refractivity contribution in [3.8, 4) is 0 Å². The molecule has 0 atom stereocenters. The standard InChI is InChI=1S/C20H30N6OS/c1-4-18-23-20(28-24-18)26-12-10-25(11-13-26)19(21-3)22-14-16-8-6-7-9-17(16)15-27-5-2/h6-9H,4-5,10-15H2,1-3H3,(H,21,22). The van der Waals surface area contributed by atoms with Gasteiger partial charge in [0.25, 0.3) is 0 Å². The van der Waals surface area contributed by atoms with E-state index < -0.39 is 0 Å². The van der Waals surface area contributed by atoms with Crippen molar-refractivity contribution in [3.05, 3.63) is 41.2 Å². The molecule has 1 aliphatic heterocycles. The van der Waals surface area contributed by atoms with Crippen LogP contribution >= 0.6 is 11.5 Å². The van der Waals surface area contributed by atoms with Crippen molar-refractivity contribution in [3.63, 3.8) is 0 Å². The fourth-order valence-electron chi connectivity index (χ4n) is 3.22. The third-order valence-corrected chi connectivity index (χ3v) is 5.67. The SMILES string of the molecule is CCOCc1ccccc1CNC(=NC)N1CCN(c2nc(CC)ns2)CC1. The van der Waals surface area contributed by atoms with Crippen molar-refractivity contribution in [2.75, 3.05) is 44.7 Å². The van der Waals surface area contributed by atoms with Crippen LogP contribution in [0.25, 0.3) is 0 Å². The normalized spacial score (nSPS) is 15.2. The lowest BCUT2D eigenvalue weighted by molar-refractivity contribution is 0.133. The molecule has 0 saturated carbocycles. The Balaban J connectivity index is 1.54. The molecule has 28 heavy (non-hydrogen) atoms. The van der Waals surface area contributed by atoms with E-state index in [1.165, 1.54) is 22.7 Å². The van der Waals surface area contributed by atoms with Crippen LogP contribution in [0.5, 0.6) is 0 Å². The molecule has 1 N–H and O–H groups in total. The van der Waals surface area contributed by atoms with Gasteiger partial charge in [0.15, 0.2) is 5.96 Å². The average Bonchev–Trinajstić information content (AvgIpc) is 3.23. The smallest absolute Gasteiger partial charge is 0.205 e. The van der Waals surface area contributed by atoms with Crippen molar-refractivity contribution < 1.29 is 4.74 Å². The van der Waals surface area contributed by atoms with Crippen molar-refractivity contribution in [1.82, 2.24) is 19.6 Å². The molecular formula is C20H30N6OS. The molecule has 0 amide bonds. The summed E-state index contributed by atoms with van der Waals surface area (Å²) >= 11 is 1.50. The van der Waals surface area contributed by atoms with E-state index in [2.05, 4.69) is 60.7 Å². The molecule has 1 aromatic carbocycles. The summed E-state index contributed by atoms with van der Waals surface area (Å²) in [6.07, 6.45) is 0.887. The van der Waals surface area contributed by atoms with Gasteiger partial charge in [-0.25, -0.2) is 4.98 Å². The molecule has 0 unspecified atom stereocenters. The van der Waals surface area contributed by atoms with Crippen LogP contribution in [-0.4, -0.2) is 60.1 Å². The minimum atomic E-state index is 0.646. The van der Waals surface area contributed by atoms with Gasteiger partial charge < -0.3 is 19.9 Å². The van der Waals surface area contributed by atoms with Gasteiger partial charge in [-0.15, -0.1) is 0 Å². The van der Waals surface area contributed by atoms with Crippen LogP contribution in [-0.2, 0) is 24.3 Å². The number of nitrogens with one attached hydrogen (secondary N) is 1. The summed E-state index contributed by atoms with van der Waals surface area (Å²) < 4.78 is 9.99. The molecule has 0 spiro atoms. The minimum Gasteiger partial charge on any atom is -0.377 e. The highest BCUT2D eigenvalue weighted by molar-refractivity contribution is 7.09. The number of aromatic nitrogens is 2. The lowest BCUT2D eigenvalue weighted by atomic mass is 10.1. The molecule has 0 bridgehead atoms. The van der Waals surface area contributed by atoms with Crippen LogP contribution in [0.2, 0.25) is 0 Å². The average molecular weight is 403 g/mol. The Bertz CT molecular complexity index is 770. The van der Waals surface area contributed by atoms with Gasteiger partial charge in [-0.2, -0.15) is 4.37 Å². The summed E-state index contributed by atoms with van der Waals surface area (Å²) in [6, 6.07) is 8.40. The predicted molar refractivity (Wildman–Crippen MR) is 115 cm³/mol. The highest BCUT2D eigenvalue weighted by atomic mass is 32.1. The van der Waals surface area contributed by atoms with Crippen LogP contribution < -0.4 is 10.2 Å². The van der Waals surface area contributed by atoms with E-state index in [-0.39, 0.29) is 0 Å². The lowest BCUT2D eigenvalue weighted by Crippen LogP contribution is -2.52. The lowest BCUT2D eigenvalue weighted by Gasteiger charge is -2.36. The first-order valence-electron chi connectivity index (χ1n) is 9.92. The summed E-state index contributed by atoms with van der Waals surface area (Å²) in [5.74, 6) is 1.88. The van der Waals surface area contributed by atoms with Gasteiger partial charge in [-0.05, 0) is 18.1 Å². The van der Waals surface area contributed by atoms with E-state index in [0.717, 1.165) is 62.7 Å². The number of hydrogen-bond acceptors (Lipinski definition) is 6. The molecule has 3 rings (SSSR count). The zero-order chi connectivity index (χ0) is 19.8. The molecule has 1 aliphatic rings. The largest absolute Gasteiger partial charge is 0.377 e. The van der Waals surface area contributed by atoms with Crippen LogP contribution in [0, 0.1) is 0 Å². The van der Waals surface area contributed by atoms with E-state index in [0.29, 0.717) is 6.61 Å². The van der Waals surface area contributed by atoms with Crippen molar-refractivity contribution in [1.29, 1.82) is 0 Å². The zero-order valence-electron chi connectivity index (χ0n) is 17.0. The van der Waals surface area contributed by atoms with E-state index in [9.17, 15) is 0 Å². The molecular weight excluding hydrogens is 372 g/mol. The number of ether oxygens (including phenoxy) is 1. The Morgan fingerprint density at radius 3 is 2.57 bits per heavy atom. The highest BCUT2D eigenvalue weighted by Gasteiger charge is 2.22. The van der Waals surface area contributed by atoms with Gasteiger partial charge in [0.1, 0.15) is 5.82 Å². The molecule has 0 radical (unpaired) electrons. The zero-order valence-corrected chi connectivity index (χ0v) is 17.8. The Labute approximate surface area is 171 Å². The van der Waals surface area contributed by atoms with Gasteiger partial charge in [-0.3, -0.25) is 4.99 Å². The van der Waals surface area contributed by atoms with Gasteiger partial charge in [-0.1, -0.05) is 31.2 Å². The van der Waals surface area contributed by atoms with Crippen LogP contribution in [0.1, 0.15) is 30.8 Å². The van der Waals surface area contributed by atoms with Gasteiger partial charge >= 0.3 is 0 Å². The summed E-state index contributed by atoms with van der Waals surface area (Å²) in [5, 5.41) is 4.55. The number of guanidine groups is 1. The fourth-order valence-corrected chi connectivity index (χ4v) is 4.02. The summed E-state index contributed by atoms with van der Waals surface area (Å²) in [4.78, 5) is 13.7. The number of rotatable bonds is 7. The molecule has 152 valence electrons. The molecule has 8 heteroatoms. The van der Waals surface area contributed by atoms with Crippen molar-refractivity contribution in [2.45, 2.75) is 33.4 Å². The summed E-state index contributed by atoms with van der Waals surface area (Å²) in [6.45, 7) is 9.92. The molecule has 0 aliphatic carbocycles. The first-order valence-corrected chi connectivity index (χ1v) is 10.7. The second-order valence-corrected chi connectivity index (χ2v) is 7.36. The van der Waals surface area contributed by atoms with Crippen LogP contribution in [0.4, 0.5) is 5.13 Å². The quantitative estimate of drug-likeness (QED) is 0.567. The number of aliphatic imine (C=N–C) groups is 1. The molecule has 1 fully saturated rings. The number of anilines is 1. The first kappa shape index (κ1) is 20.5. The number of piperazine rings is 1. The second kappa shape index (κ2) is 10.4. The summed E-state index contributed by atoms with van der Waals surface area (Å²) in [5.41, 5.74) is 2.47. The van der Waals surface area contributed by atoms with Crippen LogP contribution in [0.15, 0.2) is 29.3 Å². The number of hydrogen-bond donors (Lipinski definition) is 1. The van der Waals surface area contributed by atoms with Gasteiger partial charge in [0.05, 0.1) is 6.61 Å². The van der Waals surface area contributed by atoms with Crippen LogP contribution in [0.3, 0.4) is 0 Å². The molecule has 1 saturated heterocycles. The Morgan fingerprint density at radius 2 is 1.93 bits per heavy atom. The first-order chi connectivity index (χ1) is 13.7. The Kier molecular flexibility index (Phi) is 7.62. The van der Waals surface area contributed by atoms with Gasteiger partial charge in [0.2, 0.25) is 5.13 Å². The third-order valence-electron chi connectivity index (χ3n) is 4.85. The van der Waals surface area contributed by atoms with Gasteiger partial charge in [0, 0.05) is 64.3 Å². The maximum Gasteiger partial charge on any atom is 0.205 e. The highest BCUT2D eigenvalue weighted by Crippen LogP contribution is 2.19. The molecule has 7 nitrogen and oxygen atoms in total. The summed E-state index contributed by atoms with van der Waals surface area (Å²) in [7, 11) is 1.85. The molecule has 1 aromatic heterocycles. The maximum absolute atomic E-state index is 5.59. The second-order valence-electron chi connectivity index (χ2n) is 6.63. The van der Waals surface area contributed by atoms with E-state index in [1.54, 1.807) is 0 Å². The topological polar surface area (TPSA) is 65.9 Å². The van der Waals surface area contributed by atoms with Crippen molar-refractivity contribution in [2.24, 2.45) is 4.99 Å². The fraction of sp³-hybridized carbons (Fsp3) is 0.550. The predicted octanol–water partition coefficient (Wildman–Crippen LogP) is 2.53. The molecule has 2 aromatic rings. The van der Waals surface area contributed by atoms with E-state index >= 15 is 0 Å². The molecule has 2 heterocycles. The number of benzene rings is 1. The van der Waals surface area contributed by atoms with E-state index in [4.69, 9.17) is 4.74 Å². The van der Waals surface area contributed by atoms with Crippen molar-refractivity contribution >= 4 is 22.6 Å². The minimum absolute atomic E-state index is 0.646. The number of aryl methyl sites for hydroxylation is 1. The van der Waals surface area contributed by atoms with E-state index in [1.807, 2.05) is 14.0 Å². The Hall–Kier alpha value is -2.19. The third kappa shape index (κ3) is 5.20. The Morgan fingerprint density at radius 1 is 1.18 bits per heavy atom. The number of nitrogens with zero attached hydrogens (tertiary/aromatic N) is 5.